The lowest BCUT2D eigenvalue weighted by atomic mass is 9.95. The molecule has 1 saturated heterocycles. The Hall–Kier alpha value is -4.14. The van der Waals surface area contributed by atoms with Gasteiger partial charge in [0.1, 0.15) is 22.7 Å². The molecule has 8 nitrogen and oxygen atoms in total. The molecule has 2 aromatic carbocycles. The Bertz CT molecular complexity index is 1330. The number of hydrogen-bond donors (Lipinski definition) is 3. The number of nitrogen functional groups attached to an aromatic ring is 1. The fourth-order valence-corrected chi connectivity index (χ4v) is 4.39. The van der Waals surface area contributed by atoms with Crippen molar-refractivity contribution in [3.63, 3.8) is 0 Å². The van der Waals surface area contributed by atoms with Crippen LogP contribution in [0.4, 0.5) is 21.6 Å². The van der Waals surface area contributed by atoms with Crippen molar-refractivity contribution in [2.24, 2.45) is 5.92 Å². The number of nitrogens with two attached hydrogens (primary N) is 1. The number of aromatic amines is 2. The van der Waals surface area contributed by atoms with Gasteiger partial charge in [0.05, 0.1) is 13.1 Å². The summed E-state index contributed by atoms with van der Waals surface area (Å²) in [4.78, 5) is 26.1. The summed E-state index contributed by atoms with van der Waals surface area (Å²) in [5, 5.41) is 4.06. The van der Waals surface area contributed by atoms with Gasteiger partial charge >= 0.3 is 0 Å². The lowest BCUT2D eigenvalue weighted by molar-refractivity contribution is -0.367. The first kappa shape index (κ1) is 21.7. The van der Waals surface area contributed by atoms with Gasteiger partial charge in [-0.3, -0.25) is 9.69 Å². The first-order valence-electron chi connectivity index (χ1n) is 11.2. The van der Waals surface area contributed by atoms with Crippen LogP contribution < -0.4 is 25.7 Å². The highest BCUT2D eigenvalue weighted by Crippen LogP contribution is 2.30. The molecule has 5 N–H and O–H groups in total. The number of anilines is 3. The molecule has 0 aliphatic carbocycles. The molecule has 1 fully saturated rings. The van der Waals surface area contributed by atoms with Crippen LogP contribution in [0.15, 0.2) is 55.0 Å². The third kappa shape index (κ3) is 4.50. The number of carbonyl (C=O) groups is 1. The zero-order valence-electron chi connectivity index (χ0n) is 18.8. The SMILES string of the molecule is Cc1c[nH]c2nc[nH+]c(N3CCC(C(=O)Nc4cc(N)cc(Oc5ccc(F)cc5)c4)CC3)c12. The van der Waals surface area contributed by atoms with Crippen LogP contribution in [0, 0.1) is 18.7 Å². The number of ether oxygens (including phenoxy) is 1. The van der Waals surface area contributed by atoms with E-state index in [2.05, 4.69) is 32.1 Å². The molecule has 4 aromatic rings. The third-order valence-electron chi connectivity index (χ3n) is 6.12. The first-order valence-corrected chi connectivity index (χ1v) is 11.2. The minimum atomic E-state index is -0.339. The van der Waals surface area contributed by atoms with E-state index in [-0.39, 0.29) is 17.6 Å². The van der Waals surface area contributed by atoms with Gasteiger partial charge in [0, 0.05) is 35.6 Å². The number of nitrogens with zero attached hydrogens (tertiary/aromatic N) is 2. The van der Waals surface area contributed by atoms with E-state index in [0.717, 1.165) is 48.3 Å². The van der Waals surface area contributed by atoms with Crippen LogP contribution >= 0.6 is 0 Å². The maximum absolute atomic E-state index is 13.1. The molecular weight excluding hydrogens is 435 g/mol. The van der Waals surface area contributed by atoms with Crippen molar-refractivity contribution >= 4 is 34.1 Å². The highest BCUT2D eigenvalue weighted by atomic mass is 19.1. The van der Waals surface area contributed by atoms with E-state index in [1.165, 1.54) is 24.3 Å². The number of amides is 1. The first-order chi connectivity index (χ1) is 16.5. The van der Waals surface area contributed by atoms with Crippen molar-refractivity contribution in [1.29, 1.82) is 0 Å². The molecule has 174 valence electrons. The van der Waals surface area contributed by atoms with E-state index in [0.29, 0.717) is 22.9 Å². The largest absolute Gasteiger partial charge is 0.457 e. The minimum Gasteiger partial charge on any atom is -0.457 e. The smallest absolute Gasteiger partial charge is 0.234 e. The normalized spacial score (nSPS) is 14.4. The highest BCUT2D eigenvalue weighted by Gasteiger charge is 2.30. The molecule has 3 heterocycles. The maximum Gasteiger partial charge on any atom is 0.234 e. The molecule has 1 aliphatic rings. The Labute approximate surface area is 196 Å². The summed E-state index contributed by atoms with van der Waals surface area (Å²) in [6, 6.07) is 10.8. The molecule has 1 amide bonds. The molecular formula is C25H26FN6O2+. The van der Waals surface area contributed by atoms with Gasteiger partial charge in [-0.2, -0.15) is 0 Å². The second-order valence-corrected chi connectivity index (χ2v) is 8.54. The van der Waals surface area contributed by atoms with Gasteiger partial charge in [-0.1, -0.05) is 4.98 Å². The number of hydrogen-bond acceptors (Lipinski definition) is 5. The Morgan fingerprint density at radius 1 is 1.21 bits per heavy atom. The molecule has 1 aliphatic heterocycles. The number of H-pyrrole nitrogens is 2. The summed E-state index contributed by atoms with van der Waals surface area (Å²) in [5.41, 5.74) is 9.03. The summed E-state index contributed by atoms with van der Waals surface area (Å²) < 4.78 is 18.9. The number of fused-ring (bicyclic) bond motifs is 1. The second kappa shape index (κ2) is 9.01. The number of rotatable bonds is 5. The Balaban J connectivity index is 1.23. The van der Waals surface area contributed by atoms with Crippen LogP contribution in [-0.2, 0) is 4.79 Å². The van der Waals surface area contributed by atoms with Crippen molar-refractivity contribution in [2.45, 2.75) is 19.8 Å². The van der Waals surface area contributed by atoms with Crippen LogP contribution in [0.25, 0.3) is 11.0 Å². The number of halogens is 1. The molecule has 0 radical (unpaired) electrons. The summed E-state index contributed by atoms with van der Waals surface area (Å²) >= 11 is 0. The topological polar surface area (TPSA) is 110 Å². The number of aryl methyl sites for hydroxylation is 1. The number of nitrogens with one attached hydrogen (secondary N) is 3. The predicted octanol–water partition coefficient (Wildman–Crippen LogP) is 4.05. The summed E-state index contributed by atoms with van der Waals surface area (Å²) in [6.45, 7) is 3.57. The van der Waals surface area contributed by atoms with Crippen molar-refractivity contribution in [3.8, 4) is 11.5 Å². The molecule has 0 atom stereocenters. The van der Waals surface area contributed by atoms with Crippen molar-refractivity contribution < 1.29 is 18.9 Å². The van der Waals surface area contributed by atoms with Gasteiger partial charge in [-0.25, -0.2) is 9.37 Å². The predicted molar refractivity (Wildman–Crippen MR) is 128 cm³/mol. The molecule has 0 bridgehead atoms. The van der Waals surface area contributed by atoms with Gasteiger partial charge in [-0.05, 0) is 55.7 Å². The van der Waals surface area contributed by atoms with Crippen molar-refractivity contribution in [2.75, 3.05) is 29.0 Å². The van der Waals surface area contributed by atoms with E-state index >= 15 is 0 Å². The molecule has 0 spiro atoms. The van der Waals surface area contributed by atoms with E-state index < -0.39 is 0 Å². The van der Waals surface area contributed by atoms with Crippen molar-refractivity contribution in [3.05, 3.63) is 66.4 Å². The van der Waals surface area contributed by atoms with E-state index in [1.54, 1.807) is 24.5 Å². The maximum atomic E-state index is 13.1. The average Bonchev–Trinajstić information content (AvgIpc) is 3.21. The monoisotopic (exact) mass is 461 g/mol. The molecule has 0 unspecified atom stereocenters. The molecule has 5 rings (SSSR count). The molecule has 2 aromatic heterocycles. The Morgan fingerprint density at radius 3 is 2.74 bits per heavy atom. The van der Waals surface area contributed by atoms with Gasteiger partial charge in [0.15, 0.2) is 0 Å². The standard InChI is InChI=1S/C25H25FN6O2/c1-15-13-28-23-22(15)24(30-14-29-23)32-8-6-16(7-9-32)25(33)31-19-10-18(27)11-21(12-19)34-20-4-2-17(26)3-5-20/h2-5,10-14,16H,6-9,27H2,1H3,(H,31,33)(H,28,29,30)/p+1. The lowest BCUT2D eigenvalue weighted by Crippen LogP contribution is -2.40. The van der Waals surface area contributed by atoms with Crippen LogP contribution in [0.1, 0.15) is 18.4 Å². The van der Waals surface area contributed by atoms with Crippen molar-refractivity contribution in [1.82, 2.24) is 9.97 Å². The third-order valence-corrected chi connectivity index (χ3v) is 6.12. The summed E-state index contributed by atoms with van der Waals surface area (Å²) in [7, 11) is 0. The number of aromatic nitrogens is 3. The van der Waals surface area contributed by atoms with Gasteiger partial charge in [-0.15, -0.1) is 0 Å². The minimum absolute atomic E-state index is 0.0420. The Morgan fingerprint density at radius 2 is 1.97 bits per heavy atom. The molecule has 34 heavy (non-hydrogen) atoms. The van der Waals surface area contributed by atoms with Gasteiger partial charge < -0.3 is 20.8 Å². The van der Waals surface area contributed by atoms with Crippen LogP contribution in [0.2, 0.25) is 0 Å². The summed E-state index contributed by atoms with van der Waals surface area (Å²) in [6.07, 6.45) is 5.11. The Kier molecular flexibility index (Phi) is 5.75. The quantitative estimate of drug-likeness (QED) is 0.388. The number of benzene rings is 2. The van der Waals surface area contributed by atoms with E-state index in [1.807, 2.05) is 6.20 Å². The van der Waals surface area contributed by atoms with Gasteiger partial charge in [0.2, 0.25) is 23.7 Å². The fraction of sp³-hybridized carbons (Fsp3) is 0.240. The lowest BCUT2D eigenvalue weighted by Gasteiger charge is -2.29. The fourth-order valence-electron chi connectivity index (χ4n) is 4.39. The summed E-state index contributed by atoms with van der Waals surface area (Å²) in [5.74, 6) is 1.49. The van der Waals surface area contributed by atoms with Crippen LogP contribution in [0.3, 0.4) is 0 Å². The van der Waals surface area contributed by atoms with Crippen LogP contribution in [-0.4, -0.2) is 29.0 Å². The van der Waals surface area contributed by atoms with Crippen LogP contribution in [0.5, 0.6) is 11.5 Å². The second-order valence-electron chi connectivity index (χ2n) is 8.54. The van der Waals surface area contributed by atoms with E-state index in [4.69, 9.17) is 10.5 Å². The van der Waals surface area contributed by atoms with E-state index in [9.17, 15) is 9.18 Å². The highest BCUT2D eigenvalue weighted by molar-refractivity contribution is 5.94. The zero-order valence-corrected chi connectivity index (χ0v) is 18.8. The molecule has 9 heteroatoms. The average molecular weight is 462 g/mol. The number of carbonyl (C=O) groups excluding carboxylic acids is 1. The number of piperidine rings is 1. The zero-order chi connectivity index (χ0) is 23.7. The van der Waals surface area contributed by atoms with Gasteiger partial charge in [0.25, 0.3) is 0 Å². The molecule has 0 saturated carbocycles.